The Bertz CT molecular complexity index is 638. The molecule has 136 valence electrons. The molecule has 0 bridgehead atoms. The van der Waals surface area contributed by atoms with Gasteiger partial charge in [-0.05, 0) is 48.3 Å². The number of allylic oxidation sites excluding steroid dienone is 2. The summed E-state index contributed by atoms with van der Waals surface area (Å²) in [5.41, 5.74) is 5.17. The van der Waals surface area contributed by atoms with E-state index in [2.05, 4.69) is 74.9 Å². The SMILES string of the molecule is C=C(Cc1ccc(CCC2CC2)cc1)NC(/C=C(\C)C(C)(C)C)=NC. The molecule has 0 aliphatic heterocycles. The van der Waals surface area contributed by atoms with Crippen molar-refractivity contribution in [3.05, 3.63) is 59.3 Å². The number of nitrogens with one attached hydrogen (secondary N) is 1. The van der Waals surface area contributed by atoms with Crippen LogP contribution in [-0.2, 0) is 12.8 Å². The van der Waals surface area contributed by atoms with E-state index in [1.807, 2.05) is 7.05 Å². The number of amidine groups is 1. The van der Waals surface area contributed by atoms with Crippen LogP contribution in [0.1, 0.15) is 58.1 Å². The van der Waals surface area contributed by atoms with Gasteiger partial charge in [-0.3, -0.25) is 4.99 Å². The van der Waals surface area contributed by atoms with Crippen molar-refractivity contribution in [1.82, 2.24) is 5.32 Å². The minimum Gasteiger partial charge on any atom is -0.344 e. The first-order valence-electron chi connectivity index (χ1n) is 9.46. The van der Waals surface area contributed by atoms with E-state index in [0.29, 0.717) is 0 Å². The molecule has 2 rings (SSSR count). The normalized spacial score (nSPS) is 16.0. The molecular weight excluding hydrogens is 304 g/mol. The first kappa shape index (κ1) is 19.5. The number of aliphatic imine (C=N–C) groups is 1. The van der Waals surface area contributed by atoms with Crippen molar-refractivity contribution in [2.24, 2.45) is 16.3 Å². The number of aryl methyl sites for hydroxylation is 1. The highest BCUT2D eigenvalue weighted by atomic mass is 15.0. The molecule has 1 saturated carbocycles. The van der Waals surface area contributed by atoms with Crippen molar-refractivity contribution in [3.8, 4) is 0 Å². The maximum Gasteiger partial charge on any atom is 0.124 e. The standard InChI is InChI=1S/C23H34N2/c1-17(23(3,4)5)15-22(24-6)25-18(2)16-21-13-11-20(12-14-21)10-9-19-7-8-19/h11-15,19H,2,7-10,16H2,1,3-6H3,(H,24,25)/b17-15+. The van der Waals surface area contributed by atoms with Crippen LogP contribution in [0.3, 0.4) is 0 Å². The monoisotopic (exact) mass is 338 g/mol. The van der Waals surface area contributed by atoms with E-state index in [1.165, 1.54) is 42.4 Å². The van der Waals surface area contributed by atoms with E-state index in [1.54, 1.807) is 0 Å². The molecule has 0 aromatic heterocycles. The van der Waals surface area contributed by atoms with E-state index in [0.717, 1.165) is 23.9 Å². The van der Waals surface area contributed by atoms with Crippen LogP contribution in [0.5, 0.6) is 0 Å². The van der Waals surface area contributed by atoms with Crippen molar-refractivity contribution < 1.29 is 0 Å². The molecule has 0 amide bonds. The molecule has 0 spiro atoms. The van der Waals surface area contributed by atoms with Crippen LogP contribution in [0.15, 0.2) is 53.2 Å². The fourth-order valence-corrected chi connectivity index (χ4v) is 2.65. The van der Waals surface area contributed by atoms with Crippen molar-refractivity contribution in [1.29, 1.82) is 0 Å². The summed E-state index contributed by atoms with van der Waals surface area (Å²) < 4.78 is 0. The quantitative estimate of drug-likeness (QED) is 0.501. The van der Waals surface area contributed by atoms with Gasteiger partial charge in [-0.25, -0.2) is 0 Å². The van der Waals surface area contributed by atoms with Gasteiger partial charge in [0.2, 0.25) is 0 Å². The Labute approximate surface area is 154 Å². The predicted molar refractivity (Wildman–Crippen MR) is 110 cm³/mol. The van der Waals surface area contributed by atoms with E-state index >= 15 is 0 Å². The average Bonchev–Trinajstić information content (AvgIpc) is 3.37. The molecule has 1 aromatic carbocycles. The molecule has 2 heteroatoms. The Balaban J connectivity index is 1.87. The minimum atomic E-state index is 0.148. The summed E-state index contributed by atoms with van der Waals surface area (Å²) in [5.74, 6) is 1.87. The Morgan fingerprint density at radius 2 is 1.80 bits per heavy atom. The molecule has 1 aliphatic carbocycles. The van der Waals surface area contributed by atoms with Gasteiger partial charge >= 0.3 is 0 Å². The number of rotatable bonds is 7. The van der Waals surface area contributed by atoms with Gasteiger partial charge in [-0.1, -0.05) is 70.0 Å². The highest BCUT2D eigenvalue weighted by molar-refractivity contribution is 5.94. The highest BCUT2D eigenvalue weighted by Gasteiger charge is 2.20. The van der Waals surface area contributed by atoms with Crippen molar-refractivity contribution >= 4 is 5.84 Å². The summed E-state index contributed by atoms with van der Waals surface area (Å²) in [6, 6.07) is 9.00. The molecule has 1 fully saturated rings. The van der Waals surface area contributed by atoms with Gasteiger partial charge in [0.05, 0.1) is 0 Å². The molecule has 1 aliphatic rings. The van der Waals surface area contributed by atoms with Crippen LogP contribution >= 0.6 is 0 Å². The second-order valence-electron chi connectivity index (χ2n) is 8.39. The average molecular weight is 339 g/mol. The van der Waals surface area contributed by atoms with Crippen LogP contribution in [0.4, 0.5) is 0 Å². The van der Waals surface area contributed by atoms with E-state index in [4.69, 9.17) is 0 Å². The molecule has 1 N–H and O–H groups in total. The van der Waals surface area contributed by atoms with Crippen LogP contribution in [-0.4, -0.2) is 12.9 Å². The zero-order valence-electron chi connectivity index (χ0n) is 16.7. The number of nitrogens with zero attached hydrogens (tertiary/aromatic N) is 1. The summed E-state index contributed by atoms with van der Waals surface area (Å²) in [6.45, 7) is 13.0. The molecule has 1 aromatic rings. The van der Waals surface area contributed by atoms with Crippen LogP contribution in [0.25, 0.3) is 0 Å². The maximum absolute atomic E-state index is 4.35. The Hall–Kier alpha value is -1.83. The first-order valence-corrected chi connectivity index (χ1v) is 9.46. The second kappa shape index (κ2) is 8.51. The van der Waals surface area contributed by atoms with Gasteiger partial charge in [0.25, 0.3) is 0 Å². The first-order chi connectivity index (χ1) is 11.8. The van der Waals surface area contributed by atoms with Gasteiger partial charge in [0.1, 0.15) is 5.84 Å². The van der Waals surface area contributed by atoms with Gasteiger partial charge < -0.3 is 5.32 Å². The zero-order valence-corrected chi connectivity index (χ0v) is 16.7. The van der Waals surface area contributed by atoms with Crippen LogP contribution < -0.4 is 5.32 Å². The minimum absolute atomic E-state index is 0.148. The fraction of sp³-hybridized carbons (Fsp3) is 0.522. The van der Waals surface area contributed by atoms with Crippen LogP contribution in [0, 0.1) is 11.3 Å². The largest absolute Gasteiger partial charge is 0.344 e. The van der Waals surface area contributed by atoms with Crippen molar-refractivity contribution in [2.75, 3.05) is 7.05 Å². The topological polar surface area (TPSA) is 24.4 Å². The van der Waals surface area contributed by atoms with Gasteiger partial charge in [-0.2, -0.15) is 0 Å². The summed E-state index contributed by atoms with van der Waals surface area (Å²) in [6.07, 6.45) is 8.38. The molecule has 0 atom stereocenters. The third-order valence-corrected chi connectivity index (χ3v) is 5.06. The second-order valence-corrected chi connectivity index (χ2v) is 8.39. The molecule has 0 heterocycles. The molecule has 0 unspecified atom stereocenters. The smallest absolute Gasteiger partial charge is 0.124 e. The third-order valence-electron chi connectivity index (χ3n) is 5.06. The summed E-state index contributed by atoms with van der Waals surface area (Å²) in [4.78, 5) is 4.35. The van der Waals surface area contributed by atoms with E-state index in [-0.39, 0.29) is 5.41 Å². The Morgan fingerprint density at radius 1 is 1.20 bits per heavy atom. The molecule has 2 nitrogen and oxygen atoms in total. The van der Waals surface area contributed by atoms with E-state index in [9.17, 15) is 0 Å². The Kier molecular flexibility index (Phi) is 6.64. The predicted octanol–water partition coefficient (Wildman–Crippen LogP) is 5.70. The lowest BCUT2D eigenvalue weighted by atomic mass is 9.87. The lowest BCUT2D eigenvalue weighted by Crippen LogP contribution is -2.23. The summed E-state index contributed by atoms with van der Waals surface area (Å²) in [5, 5.41) is 3.36. The van der Waals surface area contributed by atoms with Gasteiger partial charge in [0.15, 0.2) is 0 Å². The van der Waals surface area contributed by atoms with E-state index < -0.39 is 0 Å². The van der Waals surface area contributed by atoms with Crippen molar-refractivity contribution in [3.63, 3.8) is 0 Å². The highest BCUT2D eigenvalue weighted by Crippen LogP contribution is 2.33. The maximum atomic E-state index is 4.35. The zero-order chi connectivity index (χ0) is 18.4. The summed E-state index contributed by atoms with van der Waals surface area (Å²) >= 11 is 0. The summed E-state index contributed by atoms with van der Waals surface area (Å²) in [7, 11) is 1.82. The number of hydrogen-bond acceptors (Lipinski definition) is 1. The number of hydrogen-bond donors (Lipinski definition) is 1. The number of benzene rings is 1. The molecular formula is C23H34N2. The van der Waals surface area contributed by atoms with Crippen LogP contribution in [0.2, 0.25) is 0 Å². The molecule has 25 heavy (non-hydrogen) atoms. The van der Waals surface area contributed by atoms with Gasteiger partial charge in [0, 0.05) is 19.2 Å². The van der Waals surface area contributed by atoms with Crippen molar-refractivity contribution in [2.45, 2.75) is 59.8 Å². The Morgan fingerprint density at radius 3 is 2.32 bits per heavy atom. The van der Waals surface area contributed by atoms with Gasteiger partial charge in [-0.15, -0.1) is 0 Å². The third kappa shape index (κ3) is 6.89. The lowest BCUT2D eigenvalue weighted by Gasteiger charge is -2.20. The lowest BCUT2D eigenvalue weighted by molar-refractivity contribution is 0.504. The molecule has 0 radical (unpaired) electrons. The molecule has 0 saturated heterocycles. The fourth-order valence-electron chi connectivity index (χ4n) is 2.65.